The number of carbonyl (C=O) groups is 2. The third-order valence-electron chi connectivity index (χ3n) is 5.45. The molecule has 1 aromatic carbocycles. The van der Waals surface area contributed by atoms with Gasteiger partial charge in [0, 0.05) is 42.6 Å². The Bertz CT molecular complexity index is 1040. The minimum atomic E-state index is -0.564. The number of nitrogens with zero attached hydrogens (tertiary/aromatic N) is 2. The number of ether oxygens (including phenoxy) is 4. The maximum atomic E-state index is 12.4. The molecule has 1 aliphatic rings. The average Bonchev–Trinajstić information content (AvgIpc) is 3.46. The van der Waals surface area contributed by atoms with Gasteiger partial charge in [-0.1, -0.05) is 5.92 Å². The Kier molecular flexibility index (Phi) is 8.05. The quantitative estimate of drug-likeness (QED) is 0.491. The summed E-state index contributed by atoms with van der Waals surface area (Å²) in [5, 5.41) is 7.03. The molecule has 1 aliphatic heterocycles. The molecule has 1 amide bonds. The molecule has 1 aromatic heterocycles. The van der Waals surface area contributed by atoms with E-state index in [-0.39, 0.29) is 12.0 Å². The molecule has 0 saturated carbocycles. The van der Waals surface area contributed by atoms with Crippen LogP contribution in [0.25, 0.3) is 0 Å². The van der Waals surface area contributed by atoms with E-state index in [9.17, 15) is 9.59 Å². The Labute approximate surface area is 199 Å². The van der Waals surface area contributed by atoms with Crippen molar-refractivity contribution in [2.45, 2.75) is 45.3 Å². The zero-order valence-electron chi connectivity index (χ0n) is 20.2. The number of H-pyrrole nitrogens is 1. The summed E-state index contributed by atoms with van der Waals surface area (Å²) in [6, 6.07) is 5.40. The lowest BCUT2D eigenvalue weighted by atomic mass is 9.95. The Morgan fingerprint density at radius 3 is 2.56 bits per heavy atom. The summed E-state index contributed by atoms with van der Waals surface area (Å²) < 4.78 is 21.5. The number of aromatic amines is 1. The Morgan fingerprint density at radius 2 is 1.94 bits per heavy atom. The van der Waals surface area contributed by atoms with Crippen LogP contribution in [0.5, 0.6) is 11.5 Å². The third kappa shape index (κ3) is 6.67. The van der Waals surface area contributed by atoms with Gasteiger partial charge >= 0.3 is 6.09 Å². The third-order valence-corrected chi connectivity index (χ3v) is 5.45. The minimum Gasteiger partial charge on any atom is -0.497 e. The smallest absolute Gasteiger partial charge is 0.410 e. The van der Waals surface area contributed by atoms with E-state index in [0.29, 0.717) is 49.6 Å². The van der Waals surface area contributed by atoms with Gasteiger partial charge in [0.25, 0.3) is 6.47 Å². The molecule has 0 spiro atoms. The summed E-state index contributed by atoms with van der Waals surface area (Å²) in [5.41, 5.74) is 1.61. The van der Waals surface area contributed by atoms with Crippen LogP contribution in [0.15, 0.2) is 24.4 Å². The van der Waals surface area contributed by atoms with Crippen LogP contribution in [-0.2, 0) is 20.7 Å². The Balaban J connectivity index is 1.72. The van der Waals surface area contributed by atoms with Crippen LogP contribution < -0.4 is 9.47 Å². The first kappa shape index (κ1) is 25.0. The minimum absolute atomic E-state index is 0.0175. The van der Waals surface area contributed by atoms with E-state index in [4.69, 9.17) is 18.9 Å². The zero-order valence-corrected chi connectivity index (χ0v) is 20.2. The molecule has 0 aliphatic carbocycles. The lowest BCUT2D eigenvalue weighted by Crippen LogP contribution is -2.37. The van der Waals surface area contributed by atoms with E-state index >= 15 is 0 Å². The molecule has 182 valence electrons. The predicted molar refractivity (Wildman–Crippen MR) is 125 cm³/mol. The maximum Gasteiger partial charge on any atom is 0.410 e. The number of benzene rings is 1. The van der Waals surface area contributed by atoms with E-state index in [1.165, 1.54) is 0 Å². The summed E-state index contributed by atoms with van der Waals surface area (Å²) in [4.78, 5) is 25.3. The number of likely N-dealkylation sites (tertiary alicyclic amines) is 1. The second-order valence-electron chi connectivity index (χ2n) is 9.07. The molecule has 2 unspecified atom stereocenters. The summed E-state index contributed by atoms with van der Waals surface area (Å²) >= 11 is 0. The number of aromatic nitrogens is 2. The van der Waals surface area contributed by atoms with Gasteiger partial charge in [0.2, 0.25) is 0 Å². The Morgan fingerprint density at radius 1 is 1.24 bits per heavy atom. The summed E-state index contributed by atoms with van der Waals surface area (Å²) in [5.74, 6) is 7.46. The van der Waals surface area contributed by atoms with Gasteiger partial charge in [-0.05, 0) is 45.2 Å². The molecular formula is C25H31N3O6. The van der Waals surface area contributed by atoms with Crippen molar-refractivity contribution in [3.63, 3.8) is 0 Å². The first-order valence-electron chi connectivity index (χ1n) is 11.1. The molecule has 1 N–H and O–H groups in total. The first-order valence-corrected chi connectivity index (χ1v) is 11.1. The molecular weight excluding hydrogens is 438 g/mol. The molecule has 9 heteroatoms. The van der Waals surface area contributed by atoms with Crippen molar-refractivity contribution < 1.29 is 28.5 Å². The van der Waals surface area contributed by atoms with Crippen LogP contribution in [0, 0.1) is 17.8 Å². The summed E-state index contributed by atoms with van der Waals surface area (Å²) in [7, 11) is 3.16. The topological polar surface area (TPSA) is 103 Å². The number of rotatable bonds is 7. The summed E-state index contributed by atoms with van der Waals surface area (Å²) in [6.45, 7) is 6.96. The highest BCUT2D eigenvalue weighted by molar-refractivity contribution is 5.68. The van der Waals surface area contributed by atoms with Crippen LogP contribution in [-0.4, -0.2) is 66.7 Å². The number of carbonyl (C=O) groups excluding carboxylic acids is 2. The molecule has 2 heterocycles. The number of amides is 1. The summed E-state index contributed by atoms with van der Waals surface area (Å²) in [6.07, 6.45) is 2.04. The fourth-order valence-electron chi connectivity index (χ4n) is 3.79. The van der Waals surface area contributed by atoms with Crippen molar-refractivity contribution in [3.8, 4) is 23.3 Å². The van der Waals surface area contributed by atoms with Crippen molar-refractivity contribution in [2.75, 3.05) is 27.3 Å². The fraction of sp³-hybridized carbons (Fsp3) is 0.480. The maximum absolute atomic E-state index is 12.4. The van der Waals surface area contributed by atoms with Crippen LogP contribution in [0.2, 0.25) is 0 Å². The van der Waals surface area contributed by atoms with Crippen molar-refractivity contribution in [3.05, 3.63) is 41.2 Å². The van der Waals surface area contributed by atoms with Crippen LogP contribution >= 0.6 is 0 Å². The van der Waals surface area contributed by atoms with Gasteiger partial charge in [0.05, 0.1) is 20.4 Å². The van der Waals surface area contributed by atoms with Gasteiger partial charge in [-0.15, -0.1) is 0 Å². The van der Waals surface area contributed by atoms with E-state index in [0.717, 1.165) is 11.1 Å². The first-order chi connectivity index (χ1) is 16.2. The highest BCUT2D eigenvalue weighted by Crippen LogP contribution is 2.26. The molecule has 34 heavy (non-hydrogen) atoms. The van der Waals surface area contributed by atoms with Crippen LogP contribution in [0.3, 0.4) is 0 Å². The zero-order chi connectivity index (χ0) is 24.7. The lowest BCUT2D eigenvalue weighted by molar-refractivity contribution is -0.135. The molecule has 1 saturated heterocycles. The van der Waals surface area contributed by atoms with Crippen LogP contribution in [0.4, 0.5) is 4.79 Å². The normalized spacial score (nSPS) is 16.3. The lowest BCUT2D eigenvalue weighted by Gasteiger charge is -2.25. The fourth-order valence-corrected chi connectivity index (χ4v) is 3.79. The van der Waals surface area contributed by atoms with Crippen molar-refractivity contribution in [1.29, 1.82) is 0 Å². The highest BCUT2D eigenvalue weighted by Gasteiger charge is 2.35. The van der Waals surface area contributed by atoms with Crippen molar-refractivity contribution in [2.24, 2.45) is 5.92 Å². The van der Waals surface area contributed by atoms with Gasteiger partial charge in [0.15, 0.2) is 0 Å². The molecule has 9 nitrogen and oxygen atoms in total. The van der Waals surface area contributed by atoms with E-state index in [1.54, 1.807) is 31.4 Å². The van der Waals surface area contributed by atoms with Crippen molar-refractivity contribution in [1.82, 2.24) is 15.1 Å². The molecule has 0 bridgehead atoms. The number of methoxy groups -OCH3 is 2. The monoisotopic (exact) mass is 469 g/mol. The molecule has 1 fully saturated rings. The van der Waals surface area contributed by atoms with Gasteiger partial charge in [0.1, 0.15) is 28.9 Å². The largest absolute Gasteiger partial charge is 0.497 e. The van der Waals surface area contributed by atoms with E-state index in [1.807, 2.05) is 32.9 Å². The van der Waals surface area contributed by atoms with Gasteiger partial charge in [-0.3, -0.25) is 9.89 Å². The predicted octanol–water partition coefficient (Wildman–Crippen LogP) is 3.17. The average molecular weight is 470 g/mol. The SMILES string of the molecule is COc1cc(C#Cc2[nH]ncc2CC(OC=O)C2CCN(C(=O)OC(C)(C)C)C2)cc(OC)c1. The van der Waals surface area contributed by atoms with Crippen LogP contribution in [0.1, 0.15) is 44.0 Å². The second kappa shape index (κ2) is 11.0. The number of nitrogens with one attached hydrogen (secondary N) is 1. The number of hydrogen-bond donors (Lipinski definition) is 1. The molecule has 2 atom stereocenters. The van der Waals surface area contributed by atoms with Gasteiger partial charge < -0.3 is 23.8 Å². The highest BCUT2D eigenvalue weighted by atomic mass is 16.6. The number of hydrogen-bond acceptors (Lipinski definition) is 7. The van der Waals surface area contributed by atoms with Gasteiger partial charge in [-0.2, -0.15) is 5.10 Å². The standard InChI is InChI=1S/C25H31N3O6/c1-25(2,3)34-24(30)28-9-8-18(15-28)23(33-16-29)12-19-14-26-27-22(19)7-6-17-10-20(31-4)13-21(11-17)32-5/h10-11,13-14,16,18,23H,8-9,12,15H2,1-5H3,(H,26,27). The second-order valence-corrected chi connectivity index (χ2v) is 9.07. The molecule has 3 rings (SSSR count). The molecule has 0 radical (unpaired) electrons. The van der Waals surface area contributed by atoms with E-state index < -0.39 is 11.7 Å². The Hall–Kier alpha value is -3.67. The van der Waals surface area contributed by atoms with E-state index in [2.05, 4.69) is 22.0 Å². The van der Waals surface area contributed by atoms with Crippen molar-refractivity contribution >= 4 is 12.6 Å². The van der Waals surface area contributed by atoms with Gasteiger partial charge in [-0.25, -0.2) is 4.79 Å². The molecule has 2 aromatic rings.